The van der Waals surface area contributed by atoms with Gasteiger partial charge in [-0.2, -0.15) is 0 Å². The van der Waals surface area contributed by atoms with Crippen LogP contribution in [-0.4, -0.2) is 14.5 Å². The second-order valence-corrected chi connectivity index (χ2v) is 4.19. The lowest BCUT2D eigenvalue weighted by atomic mass is 10.1. The van der Waals surface area contributed by atoms with Crippen LogP contribution in [0, 0.1) is 6.92 Å². The molecular formula is C14H13N3. The molecule has 0 aliphatic heterocycles. The Morgan fingerprint density at radius 1 is 1.12 bits per heavy atom. The minimum Gasteiger partial charge on any atom is -0.350 e. The van der Waals surface area contributed by atoms with E-state index in [0.717, 1.165) is 17.1 Å². The summed E-state index contributed by atoms with van der Waals surface area (Å²) in [4.78, 5) is 8.83. The molecule has 3 nitrogen and oxygen atoms in total. The van der Waals surface area contributed by atoms with Gasteiger partial charge in [0.05, 0.1) is 0 Å². The van der Waals surface area contributed by atoms with Gasteiger partial charge in [0.1, 0.15) is 0 Å². The van der Waals surface area contributed by atoms with Gasteiger partial charge in [-0.25, -0.2) is 9.97 Å². The smallest absolute Gasteiger partial charge is 0.161 e. The SMILES string of the molecule is Cc1ccnc(-c2cn(C)c3ccccc23)n1. The fraction of sp³-hybridized carbons (Fsp3) is 0.143. The number of fused-ring (bicyclic) bond motifs is 1. The van der Waals surface area contributed by atoms with E-state index in [1.807, 2.05) is 32.2 Å². The van der Waals surface area contributed by atoms with Crippen LogP contribution >= 0.6 is 0 Å². The number of hydrogen-bond acceptors (Lipinski definition) is 2. The molecule has 0 spiro atoms. The summed E-state index contributed by atoms with van der Waals surface area (Å²) in [6, 6.07) is 10.2. The van der Waals surface area contributed by atoms with Crippen LogP contribution in [0.25, 0.3) is 22.3 Å². The zero-order chi connectivity index (χ0) is 11.8. The molecule has 0 aliphatic carbocycles. The summed E-state index contributed by atoms with van der Waals surface area (Å²) in [7, 11) is 2.04. The lowest BCUT2D eigenvalue weighted by Gasteiger charge is -1.98. The van der Waals surface area contributed by atoms with Crippen LogP contribution in [-0.2, 0) is 7.05 Å². The molecule has 2 aromatic heterocycles. The highest BCUT2D eigenvalue weighted by molar-refractivity contribution is 5.94. The summed E-state index contributed by atoms with van der Waals surface area (Å²) in [5, 5.41) is 1.20. The first-order chi connectivity index (χ1) is 8.25. The van der Waals surface area contributed by atoms with E-state index in [2.05, 4.69) is 32.9 Å². The maximum absolute atomic E-state index is 4.48. The molecule has 0 radical (unpaired) electrons. The Kier molecular flexibility index (Phi) is 2.18. The van der Waals surface area contributed by atoms with Gasteiger partial charge in [0.2, 0.25) is 0 Å². The molecule has 3 rings (SSSR count). The van der Waals surface area contributed by atoms with Gasteiger partial charge in [0.15, 0.2) is 5.82 Å². The fourth-order valence-electron chi connectivity index (χ4n) is 2.10. The predicted octanol–water partition coefficient (Wildman–Crippen LogP) is 2.94. The van der Waals surface area contributed by atoms with Crippen molar-refractivity contribution in [3.63, 3.8) is 0 Å². The van der Waals surface area contributed by atoms with E-state index in [0.29, 0.717) is 0 Å². The van der Waals surface area contributed by atoms with Gasteiger partial charge < -0.3 is 4.57 Å². The van der Waals surface area contributed by atoms with Gasteiger partial charge in [0.25, 0.3) is 0 Å². The lowest BCUT2D eigenvalue weighted by molar-refractivity contribution is 0.967. The molecule has 0 fully saturated rings. The second kappa shape index (κ2) is 3.70. The van der Waals surface area contributed by atoms with E-state index < -0.39 is 0 Å². The molecular weight excluding hydrogens is 210 g/mol. The zero-order valence-corrected chi connectivity index (χ0v) is 9.88. The van der Waals surface area contributed by atoms with E-state index in [-0.39, 0.29) is 0 Å². The third kappa shape index (κ3) is 1.60. The molecule has 17 heavy (non-hydrogen) atoms. The standard InChI is InChI=1S/C14H13N3/c1-10-7-8-15-14(16-10)12-9-17(2)13-6-4-3-5-11(12)13/h3-9H,1-2H3. The Balaban J connectivity index is 2.31. The van der Waals surface area contributed by atoms with Gasteiger partial charge in [-0.3, -0.25) is 0 Å². The minimum atomic E-state index is 0.793. The van der Waals surface area contributed by atoms with E-state index in [4.69, 9.17) is 0 Å². The Morgan fingerprint density at radius 2 is 1.94 bits per heavy atom. The lowest BCUT2D eigenvalue weighted by Crippen LogP contribution is -1.89. The molecule has 0 saturated heterocycles. The zero-order valence-electron chi connectivity index (χ0n) is 9.88. The summed E-state index contributed by atoms with van der Waals surface area (Å²) >= 11 is 0. The van der Waals surface area contributed by atoms with Crippen LogP contribution in [0.3, 0.4) is 0 Å². The van der Waals surface area contributed by atoms with Crippen LogP contribution in [0.2, 0.25) is 0 Å². The quantitative estimate of drug-likeness (QED) is 0.635. The van der Waals surface area contributed by atoms with Crippen molar-refractivity contribution in [2.45, 2.75) is 6.92 Å². The Labute approximate surface area is 99.8 Å². The van der Waals surface area contributed by atoms with Gasteiger partial charge in [0, 0.05) is 41.6 Å². The molecule has 0 N–H and O–H groups in total. The number of nitrogens with zero attached hydrogens (tertiary/aromatic N) is 3. The Bertz CT molecular complexity index is 683. The van der Waals surface area contributed by atoms with Crippen LogP contribution in [0.1, 0.15) is 5.69 Å². The number of hydrogen-bond donors (Lipinski definition) is 0. The number of aromatic nitrogens is 3. The molecule has 0 bridgehead atoms. The number of para-hydroxylation sites is 1. The minimum absolute atomic E-state index is 0.793. The molecule has 0 amide bonds. The molecule has 0 atom stereocenters. The maximum atomic E-state index is 4.48. The fourth-order valence-corrected chi connectivity index (χ4v) is 2.10. The first kappa shape index (κ1) is 10.0. The molecule has 0 saturated carbocycles. The molecule has 84 valence electrons. The highest BCUT2D eigenvalue weighted by Crippen LogP contribution is 2.27. The third-order valence-corrected chi connectivity index (χ3v) is 2.93. The van der Waals surface area contributed by atoms with Crippen molar-refractivity contribution in [1.82, 2.24) is 14.5 Å². The van der Waals surface area contributed by atoms with Crippen LogP contribution in [0.5, 0.6) is 0 Å². The largest absolute Gasteiger partial charge is 0.350 e. The van der Waals surface area contributed by atoms with E-state index in [1.165, 1.54) is 10.9 Å². The van der Waals surface area contributed by atoms with Crippen LogP contribution < -0.4 is 0 Å². The summed E-state index contributed by atoms with van der Waals surface area (Å²) < 4.78 is 2.11. The second-order valence-electron chi connectivity index (χ2n) is 4.19. The van der Waals surface area contributed by atoms with E-state index >= 15 is 0 Å². The molecule has 0 unspecified atom stereocenters. The summed E-state index contributed by atoms with van der Waals surface area (Å²) in [5.41, 5.74) is 3.28. The van der Waals surface area contributed by atoms with Gasteiger partial charge in [-0.05, 0) is 19.1 Å². The van der Waals surface area contributed by atoms with E-state index in [1.54, 1.807) is 6.20 Å². The average Bonchev–Trinajstić information content (AvgIpc) is 2.68. The normalized spacial score (nSPS) is 10.9. The maximum Gasteiger partial charge on any atom is 0.161 e. The number of benzene rings is 1. The Hall–Kier alpha value is -2.16. The molecule has 0 aliphatic rings. The monoisotopic (exact) mass is 223 g/mol. The topological polar surface area (TPSA) is 30.7 Å². The molecule has 2 heterocycles. The highest BCUT2D eigenvalue weighted by atomic mass is 14.9. The molecule has 3 heteroatoms. The summed E-state index contributed by atoms with van der Waals surface area (Å²) in [6.45, 7) is 1.98. The van der Waals surface area contributed by atoms with Crippen molar-refractivity contribution in [3.05, 3.63) is 48.4 Å². The first-order valence-corrected chi connectivity index (χ1v) is 5.60. The first-order valence-electron chi connectivity index (χ1n) is 5.60. The van der Waals surface area contributed by atoms with Gasteiger partial charge in [-0.15, -0.1) is 0 Å². The summed E-state index contributed by atoms with van der Waals surface area (Å²) in [6.07, 6.45) is 3.89. The average molecular weight is 223 g/mol. The van der Waals surface area contributed by atoms with Gasteiger partial charge >= 0.3 is 0 Å². The molecule has 1 aromatic carbocycles. The van der Waals surface area contributed by atoms with E-state index in [9.17, 15) is 0 Å². The van der Waals surface area contributed by atoms with Crippen molar-refractivity contribution >= 4 is 10.9 Å². The van der Waals surface area contributed by atoms with Crippen LogP contribution in [0.4, 0.5) is 0 Å². The predicted molar refractivity (Wildman–Crippen MR) is 68.7 cm³/mol. The summed E-state index contributed by atoms with van der Waals surface area (Å²) in [5.74, 6) is 0.793. The number of aryl methyl sites for hydroxylation is 2. The highest BCUT2D eigenvalue weighted by Gasteiger charge is 2.09. The van der Waals surface area contributed by atoms with Gasteiger partial charge in [-0.1, -0.05) is 18.2 Å². The van der Waals surface area contributed by atoms with Crippen LogP contribution in [0.15, 0.2) is 42.7 Å². The van der Waals surface area contributed by atoms with Crippen molar-refractivity contribution in [1.29, 1.82) is 0 Å². The number of rotatable bonds is 1. The third-order valence-electron chi connectivity index (χ3n) is 2.93. The Morgan fingerprint density at radius 3 is 2.76 bits per heavy atom. The van der Waals surface area contributed by atoms with Crippen molar-refractivity contribution in [2.75, 3.05) is 0 Å². The molecule has 3 aromatic rings. The van der Waals surface area contributed by atoms with Crippen molar-refractivity contribution < 1.29 is 0 Å². The van der Waals surface area contributed by atoms with Crippen molar-refractivity contribution in [2.24, 2.45) is 7.05 Å². The van der Waals surface area contributed by atoms with Crippen molar-refractivity contribution in [3.8, 4) is 11.4 Å².